The van der Waals surface area contributed by atoms with Gasteiger partial charge in [0.2, 0.25) is 0 Å². The number of hydrogen-bond donors (Lipinski definition) is 2. The zero-order valence-corrected chi connectivity index (χ0v) is 10.2. The van der Waals surface area contributed by atoms with E-state index >= 15 is 0 Å². The van der Waals surface area contributed by atoms with Gasteiger partial charge in [-0.1, -0.05) is 12.1 Å². The van der Waals surface area contributed by atoms with Gasteiger partial charge in [0, 0.05) is 12.2 Å². The maximum Gasteiger partial charge on any atom is 0.411 e. The smallest absolute Gasteiger partial charge is 0.411 e. The molecule has 0 atom stereocenters. The monoisotopic (exact) mass is 234 g/mol. The van der Waals surface area contributed by atoms with Crippen LogP contribution in [0.3, 0.4) is 0 Å². The molecule has 4 heteroatoms. The molecule has 17 heavy (non-hydrogen) atoms. The van der Waals surface area contributed by atoms with Crippen molar-refractivity contribution in [3.63, 3.8) is 0 Å². The molecule has 1 amide bonds. The summed E-state index contributed by atoms with van der Waals surface area (Å²) in [5.41, 5.74) is 3.33. The summed E-state index contributed by atoms with van der Waals surface area (Å²) in [6.45, 7) is 5.49. The van der Waals surface area contributed by atoms with Crippen LogP contribution in [-0.2, 0) is 17.7 Å². The number of anilines is 1. The molecule has 1 aliphatic heterocycles. The third-order valence-electron chi connectivity index (χ3n) is 2.72. The Bertz CT molecular complexity index is 416. The molecule has 92 valence electrons. The second kappa shape index (κ2) is 5.19. The van der Waals surface area contributed by atoms with E-state index in [1.165, 1.54) is 11.1 Å². The molecule has 0 fully saturated rings. The molecule has 2 N–H and O–H groups in total. The van der Waals surface area contributed by atoms with Crippen LogP contribution in [0.2, 0.25) is 0 Å². The first-order chi connectivity index (χ1) is 8.16. The molecule has 1 aromatic rings. The van der Waals surface area contributed by atoms with Gasteiger partial charge >= 0.3 is 6.09 Å². The average Bonchev–Trinajstić information content (AvgIpc) is 2.28. The minimum atomic E-state index is -0.382. The van der Waals surface area contributed by atoms with E-state index in [1.807, 2.05) is 26.0 Å². The molecular weight excluding hydrogens is 216 g/mol. The van der Waals surface area contributed by atoms with Gasteiger partial charge in [-0.25, -0.2) is 4.79 Å². The molecule has 0 bridgehead atoms. The molecule has 0 aliphatic carbocycles. The lowest BCUT2D eigenvalue weighted by atomic mass is 9.99. The zero-order valence-electron chi connectivity index (χ0n) is 10.2. The number of ether oxygens (including phenoxy) is 1. The van der Waals surface area contributed by atoms with Gasteiger partial charge in [0.05, 0.1) is 6.10 Å². The Morgan fingerprint density at radius 2 is 2.29 bits per heavy atom. The van der Waals surface area contributed by atoms with Crippen molar-refractivity contribution in [2.45, 2.75) is 32.9 Å². The van der Waals surface area contributed by atoms with Crippen molar-refractivity contribution in [3.8, 4) is 0 Å². The molecule has 1 heterocycles. The predicted molar refractivity (Wildman–Crippen MR) is 67.1 cm³/mol. The number of rotatable bonds is 2. The number of carbonyl (C=O) groups excluding carboxylic acids is 1. The average molecular weight is 234 g/mol. The summed E-state index contributed by atoms with van der Waals surface area (Å²) in [6.07, 6.45) is 0.455. The highest BCUT2D eigenvalue weighted by Gasteiger charge is 2.14. The van der Waals surface area contributed by atoms with Gasteiger partial charge < -0.3 is 10.1 Å². The van der Waals surface area contributed by atoms with E-state index in [9.17, 15) is 4.79 Å². The van der Waals surface area contributed by atoms with E-state index < -0.39 is 0 Å². The summed E-state index contributed by atoms with van der Waals surface area (Å²) in [5, 5.41) is 6.12. The molecule has 1 aliphatic rings. The SMILES string of the molecule is CC(C)OC(=O)Nc1cccc2c1CCNC2. The highest BCUT2D eigenvalue weighted by atomic mass is 16.6. The molecule has 0 saturated carbocycles. The molecule has 0 spiro atoms. The van der Waals surface area contributed by atoms with Crippen molar-refractivity contribution in [2.75, 3.05) is 11.9 Å². The number of hydrogen-bond acceptors (Lipinski definition) is 3. The van der Waals surface area contributed by atoms with Crippen LogP contribution in [-0.4, -0.2) is 18.7 Å². The molecular formula is C13H18N2O2. The minimum absolute atomic E-state index is 0.101. The van der Waals surface area contributed by atoms with E-state index in [0.29, 0.717) is 0 Å². The second-order valence-electron chi connectivity index (χ2n) is 4.45. The Labute approximate surface area is 101 Å². The normalized spacial score (nSPS) is 14.3. The summed E-state index contributed by atoms with van der Waals surface area (Å²) >= 11 is 0. The summed E-state index contributed by atoms with van der Waals surface area (Å²) < 4.78 is 5.08. The maximum atomic E-state index is 11.6. The van der Waals surface area contributed by atoms with Crippen LogP contribution in [0.1, 0.15) is 25.0 Å². The van der Waals surface area contributed by atoms with E-state index in [4.69, 9.17) is 4.74 Å². The fraction of sp³-hybridized carbons (Fsp3) is 0.462. The fourth-order valence-corrected chi connectivity index (χ4v) is 2.00. The third-order valence-corrected chi connectivity index (χ3v) is 2.72. The first-order valence-corrected chi connectivity index (χ1v) is 5.96. The Balaban J connectivity index is 2.13. The predicted octanol–water partition coefficient (Wildman–Crippen LogP) is 2.29. The van der Waals surface area contributed by atoms with Gasteiger partial charge in [-0.15, -0.1) is 0 Å². The topological polar surface area (TPSA) is 50.4 Å². The minimum Gasteiger partial charge on any atom is -0.447 e. The van der Waals surface area contributed by atoms with Gasteiger partial charge in [0.15, 0.2) is 0 Å². The maximum absolute atomic E-state index is 11.6. The van der Waals surface area contributed by atoms with Crippen LogP contribution in [0, 0.1) is 0 Å². The molecule has 0 aromatic heterocycles. The lowest BCUT2D eigenvalue weighted by Gasteiger charge is -2.20. The first-order valence-electron chi connectivity index (χ1n) is 5.96. The van der Waals surface area contributed by atoms with E-state index in [0.717, 1.165) is 25.2 Å². The summed E-state index contributed by atoms with van der Waals surface area (Å²) in [7, 11) is 0. The van der Waals surface area contributed by atoms with Crippen molar-refractivity contribution in [1.82, 2.24) is 5.32 Å². The lowest BCUT2D eigenvalue weighted by molar-refractivity contribution is 0.130. The van der Waals surface area contributed by atoms with Crippen molar-refractivity contribution < 1.29 is 9.53 Å². The Kier molecular flexibility index (Phi) is 3.64. The first kappa shape index (κ1) is 11.9. The molecule has 0 unspecified atom stereocenters. The highest BCUT2D eigenvalue weighted by molar-refractivity contribution is 5.86. The van der Waals surface area contributed by atoms with Crippen LogP contribution < -0.4 is 10.6 Å². The number of benzene rings is 1. The number of nitrogens with one attached hydrogen (secondary N) is 2. The molecule has 1 aromatic carbocycles. The van der Waals surface area contributed by atoms with Crippen LogP contribution in [0.25, 0.3) is 0 Å². The Morgan fingerprint density at radius 3 is 3.06 bits per heavy atom. The van der Waals surface area contributed by atoms with E-state index in [1.54, 1.807) is 0 Å². The summed E-state index contributed by atoms with van der Waals surface area (Å²) in [4.78, 5) is 11.6. The van der Waals surface area contributed by atoms with Crippen molar-refractivity contribution in [2.24, 2.45) is 0 Å². The third kappa shape index (κ3) is 2.97. The van der Waals surface area contributed by atoms with Crippen LogP contribution >= 0.6 is 0 Å². The van der Waals surface area contributed by atoms with Crippen molar-refractivity contribution in [1.29, 1.82) is 0 Å². The fourth-order valence-electron chi connectivity index (χ4n) is 2.00. The number of amides is 1. The largest absolute Gasteiger partial charge is 0.447 e. The molecule has 2 rings (SSSR count). The number of fused-ring (bicyclic) bond motifs is 1. The van der Waals surface area contributed by atoms with Gasteiger partial charge in [-0.2, -0.15) is 0 Å². The second-order valence-corrected chi connectivity index (χ2v) is 4.45. The highest BCUT2D eigenvalue weighted by Crippen LogP contribution is 2.23. The van der Waals surface area contributed by atoms with Crippen LogP contribution in [0.4, 0.5) is 10.5 Å². The zero-order chi connectivity index (χ0) is 12.3. The Morgan fingerprint density at radius 1 is 1.47 bits per heavy atom. The molecule has 0 saturated heterocycles. The van der Waals surface area contributed by atoms with E-state index in [-0.39, 0.29) is 12.2 Å². The van der Waals surface area contributed by atoms with E-state index in [2.05, 4.69) is 16.7 Å². The van der Waals surface area contributed by atoms with Crippen LogP contribution in [0.5, 0.6) is 0 Å². The summed E-state index contributed by atoms with van der Waals surface area (Å²) in [6, 6.07) is 5.96. The van der Waals surface area contributed by atoms with Crippen molar-refractivity contribution >= 4 is 11.8 Å². The quantitative estimate of drug-likeness (QED) is 0.825. The number of carbonyl (C=O) groups is 1. The van der Waals surface area contributed by atoms with Gasteiger partial charge in [-0.05, 0) is 44.0 Å². The lowest BCUT2D eigenvalue weighted by Crippen LogP contribution is -2.26. The van der Waals surface area contributed by atoms with Crippen LogP contribution in [0.15, 0.2) is 18.2 Å². The summed E-state index contributed by atoms with van der Waals surface area (Å²) in [5.74, 6) is 0. The Hall–Kier alpha value is -1.55. The van der Waals surface area contributed by atoms with Gasteiger partial charge in [0.1, 0.15) is 0 Å². The van der Waals surface area contributed by atoms with Gasteiger partial charge in [0.25, 0.3) is 0 Å². The standard InChI is InChI=1S/C13H18N2O2/c1-9(2)17-13(16)15-12-5-3-4-10-8-14-7-6-11(10)12/h3-5,9,14H,6-8H2,1-2H3,(H,15,16). The van der Waals surface area contributed by atoms with Gasteiger partial charge in [-0.3, -0.25) is 5.32 Å². The van der Waals surface area contributed by atoms with Crippen molar-refractivity contribution in [3.05, 3.63) is 29.3 Å². The molecule has 0 radical (unpaired) electrons. The molecule has 4 nitrogen and oxygen atoms in total.